The summed E-state index contributed by atoms with van der Waals surface area (Å²) in [6.45, 7) is 0. The summed E-state index contributed by atoms with van der Waals surface area (Å²) in [6.07, 6.45) is 6.65. The average Bonchev–Trinajstić information content (AvgIpc) is 2.98. The Kier molecular flexibility index (Phi) is 2.60. The van der Waals surface area contributed by atoms with Crippen molar-refractivity contribution in [1.82, 2.24) is 15.1 Å². The number of hydrogen-bond acceptors (Lipinski definition) is 5. The highest BCUT2D eigenvalue weighted by molar-refractivity contribution is 5.52. The minimum atomic E-state index is 0.153. The topological polar surface area (TPSA) is 77.8 Å². The van der Waals surface area contributed by atoms with Gasteiger partial charge in [0.15, 0.2) is 0 Å². The zero-order chi connectivity index (χ0) is 11.7. The van der Waals surface area contributed by atoms with E-state index < -0.39 is 0 Å². The molecule has 2 aromatic heterocycles. The summed E-state index contributed by atoms with van der Waals surface area (Å²) in [4.78, 5) is 8.39. The quantitative estimate of drug-likeness (QED) is 0.850. The van der Waals surface area contributed by atoms with E-state index in [0.29, 0.717) is 11.7 Å². The molecule has 1 fully saturated rings. The van der Waals surface area contributed by atoms with Crippen LogP contribution in [0.4, 0.5) is 0 Å². The third kappa shape index (κ3) is 1.93. The van der Waals surface area contributed by atoms with Gasteiger partial charge in [-0.15, -0.1) is 0 Å². The van der Waals surface area contributed by atoms with Gasteiger partial charge in [0, 0.05) is 24.0 Å². The summed E-state index contributed by atoms with van der Waals surface area (Å²) in [6, 6.07) is 3.88. The van der Waals surface area contributed by atoms with Gasteiger partial charge >= 0.3 is 0 Å². The van der Waals surface area contributed by atoms with Gasteiger partial charge in [-0.25, -0.2) is 0 Å². The van der Waals surface area contributed by atoms with Crippen molar-refractivity contribution in [3.63, 3.8) is 0 Å². The molecule has 0 aliphatic heterocycles. The van der Waals surface area contributed by atoms with Crippen molar-refractivity contribution in [2.75, 3.05) is 0 Å². The maximum Gasteiger partial charge on any atom is 0.231 e. The average molecular weight is 230 g/mol. The van der Waals surface area contributed by atoms with E-state index in [1.54, 1.807) is 12.4 Å². The lowest BCUT2D eigenvalue weighted by Gasteiger charge is -2.08. The van der Waals surface area contributed by atoms with Gasteiger partial charge in [-0.2, -0.15) is 4.98 Å². The Bertz CT molecular complexity index is 496. The molecule has 5 nitrogen and oxygen atoms in total. The smallest absolute Gasteiger partial charge is 0.231 e. The van der Waals surface area contributed by atoms with E-state index in [9.17, 15) is 0 Å². The third-order valence-corrected chi connectivity index (χ3v) is 3.27. The van der Waals surface area contributed by atoms with Crippen LogP contribution in [-0.4, -0.2) is 21.2 Å². The first-order valence-corrected chi connectivity index (χ1v) is 5.84. The number of nitrogens with two attached hydrogens (primary N) is 1. The van der Waals surface area contributed by atoms with E-state index in [4.69, 9.17) is 10.3 Å². The zero-order valence-corrected chi connectivity index (χ0v) is 9.41. The second kappa shape index (κ2) is 4.25. The van der Waals surface area contributed by atoms with Gasteiger partial charge < -0.3 is 10.3 Å². The molecule has 2 atom stereocenters. The standard InChI is InChI=1S/C12H14N4O/c13-10-3-1-2-9(10)12-15-11(16-17-12)8-4-6-14-7-5-8/h4-7,9-10H,1-3,13H2/t9-,10-/m0/s1. The van der Waals surface area contributed by atoms with E-state index in [1.165, 1.54) is 0 Å². The Morgan fingerprint density at radius 1 is 1.24 bits per heavy atom. The third-order valence-electron chi connectivity index (χ3n) is 3.27. The van der Waals surface area contributed by atoms with Gasteiger partial charge in [-0.05, 0) is 25.0 Å². The molecule has 2 heterocycles. The van der Waals surface area contributed by atoms with Gasteiger partial charge in [0.2, 0.25) is 11.7 Å². The number of pyridine rings is 1. The Balaban J connectivity index is 1.88. The van der Waals surface area contributed by atoms with Crippen molar-refractivity contribution >= 4 is 0 Å². The Hall–Kier alpha value is -1.75. The second-order valence-electron chi connectivity index (χ2n) is 4.39. The molecule has 0 amide bonds. The predicted octanol–water partition coefficient (Wildman–Crippen LogP) is 1.73. The summed E-state index contributed by atoms with van der Waals surface area (Å²) in [5.74, 6) is 1.50. The van der Waals surface area contributed by atoms with Gasteiger partial charge in [0.1, 0.15) is 0 Å². The second-order valence-corrected chi connectivity index (χ2v) is 4.39. The summed E-state index contributed by atoms with van der Waals surface area (Å²) in [7, 11) is 0. The Morgan fingerprint density at radius 2 is 2.06 bits per heavy atom. The summed E-state index contributed by atoms with van der Waals surface area (Å²) in [5, 5.41) is 4.00. The predicted molar refractivity (Wildman–Crippen MR) is 62.1 cm³/mol. The lowest BCUT2D eigenvalue weighted by molar-refractivity contribution is 0.345. The van der Waals surface area contributed by atoms with Gasteiger partial charge in [-0.3, -0.25) is 4.98 Å². The molecular weight excluding hydrogens is 216 g/mol. The monoisotopic (exact) mass is 230 g/mol. The molecule has 88 valence electrons. The fraction of sp³-hybridized carbons (Fsp3) is 0.417. The molecule has 1 aliphatic carbocycles. The molecule has 5 heteroatoms. The minimum Gasteiger partial charge on any atom is -0.339 e. The highest BCUT2D eigenvalue weighted by Gasteiger charge is 2.30. The van der Waals surface area contributed by atoms with Crippen LogP contribution in [0, 0.1) is 0 Å². The SMILES string of the molecule is N[C@H]1CCC[C@@H]1c1nc(-c2ccncc2)no1. The summed E-state index contributed by atoms with van der Waals surface area (Å²) >= 11 is 0. The van der Waals surface area contributed by atoms with E-state index >= 15 is 0 Å². The largest absolute Gasteiger partial charge is 0.339 e. The lowest BCUT2D eigenvalue weighted by Crippen LogP contribution is -2.22. The number of aromatic nitrogens is 3. The minimum absolute atomic E-state index is 0.153. The Labute approximate surface area is 99.1 Å². The molecule has 0 bridgehead atoms. The molecule has 3 rings (SSSR count). The van der Waals surface area contributed by atoms with Crippen molar-refractivity contribution in [2.45, 2.75) is 31.2 Å². The van der Waals surface area contributed by atoms with Gasteiger partial charge in [-0.1, -0.05) is 11.6 Å². The molecule has 0 unspecified atom stereocenters. The molecule has 1 saturated carbocycles. The van der Waals surface area contributed by atoms with Crippen LogP contribution in [0.3, 0.4) is 0 Å². The highest BCUT2D eigenvalue weighted by Crippen LogP contribution is 2.33. The zero-order valence-electron chi connectivity index (χ0n) is 9.41. The van der Waals surface area contributed by atoms with E-state index in [-0.39, 0.29) is 12.0 Å². The van der Waals surface area contributed by atoms with Crippen molar-refractivity contribution < 1.29 is 4.52 Å². The van der Waals surface area contributed by atoms with Crippen LogP contribution in [0.5, 0.6) is 0 Å². The molecule has 1 aliphatic rings. The van der Waals surface area contributed by atoms with E-state index in [2.05, 4.69) is 15.1 Å². The lowest BCUT2D eigenvalue weighted by atomic mass is 10.1. The molecule has 2 N–H and O–H groups in total. The number of hydrogen-bond donors (Lipinski definition) is 1. The van der Waals surface area contributed by atoms with Crippen molar-refractivity contribution in [2.24, 2.45) is 5.73 Å². The first-order valence-electron chi connectivity index (χ1n) is 5.84. The van der Waals surface area contributed by atoms with Crippen molar-refractivity contribution in [3.05, 3.63) is 30.4 Å². The molecule has 0 aromatic carbocycles. The van der Waals surface area contributed by atoms with Crippen molar-refractivity contribution in [1.29, 1.82) is 0 Å². The maximum atomic E-state index is 6.02. The molecular formula is C12H14N4O. The van der Waals surface area contributed by atoms with Crippen LogP contribution in [0.2, 0.25) is 0 Å². The van der Waals surface area contributed by atoms with Crippen LogP contribution in [0.25, 0.3) is 11.4 Å². The fourth-order valence-corrected chi connectivity index (χ4v) is 2.30. The maximum absolute atomic E-state index is 6.02. The molecule has 0 saturated heterocycles. The first kappa shape index (κ1) is 10.4. The molecule has 0 radical (unpaired) electrons. The van der Waals surface area contributed by atoms with Crippen LogP contribution >= 0.6 is 0 Å². The molecule has 17 heavy (non-hydrogen) atoms. The summed E-state index contributed by atoms with van der Waals surface area (Å²) in [5.41, 5.74) is 6.94. The molecule has 2 aromatic rings. The van der Waals surface area contributed by atoms with Crippen LogP contribution in [0.15, 0.2) is 29.0 Å². The molecule has 0 spiro atoms. The van der Waals surface area contributed by atoms with Crippen molar-refractivity contribution in [3.8, 4) is 11.4 Å². The highest BCUT2D eigenvalue weighted by atomic mass is 16.5. The van der Waals surface area contributed by atoms with Gasteiger partial charge in [0.05, 0.1) is 5.92 Å². The first-order chi connectivity index (χ1) is 8.34. The fourth-order valence-electron chi connectivity index (χ4n) is 2.30. The van der Waals surface area contributed by atoms with E-state index in [0.717, 1.165) is 24.8 Å². The Morgan fingerprint density at radius 3 is 2.76 bits per heavy atom. The van der Waals surface area contributed by atoms with E-state index in [1.807, 2.05) is 12.1 Å². The van der Waals surface area contributed by atoms with Gasteiger partial charge in [0.25, 0.3) is 0 Å². The van der Waals surface area contributed by atoms with Crippen LogP contribution < -0.4 is 5.73 Å². The normalized spacial score (nSPS) is 24.1. The summed E-state index contributed by atoms with van der Waals surface area (Å²) < 4.78 is 5.31. The number of nitrogens with zero attached hydrogens (tertiary/aromatic N) is 3. The number of rotatable bonds is 2. The van der Waals surface area contributed by atoms with Crippen LogP contribution in [-0.2, 0) is 0 Å². The van der Waals surface area contributed by atoms with Crippen LogP contribution in [0.1, 0.15) is 31.1 Å².